The van der Waals surface area contributed by atoms with Crippen LogP contribution in [0.25, 0.3) is 5.82 Å². The lowest BCUT2D eigenvalue weighted by Crippen LogP contribution is -2.11. The molecule has 0 aromatic carbocycles. The van der Waals surface area contributed by atoms with E-state index < -0.39 is 0 Å². The van der Waals surface area contributed by atoms with Crippen molar-refractivity contribution in [2.75, 3.05) is 5.32 Å². The summed E-state index contributed by atoms with van der Waals surface area (Å²) in [6, 6.07) is 1.97. The van der Waals surface area contributed by atoms with Crippen LogP contribution in [0.15, 0.2) is 6.20 Å². The Morgan fingerprint density at radius 2 is 2.35 bits per heavy atom. The summed E-state index contributed by atoms with van der Waals surface area (Å²) in [5, 5.41) is 20.5. The number of aryl methyl sites for hydroxylation is 1. The van der Waals surface area contributed by atoms with Gasteiger partial charge in [-0.15, -0.1) is 0 Å². The van der Waals surface area contributed by atoms with Gasteiger partial charge in [0.2, 0.25) is 6.41 Å². The first-order valence-electron chi connectivity index (χ1n) is 6.20. The highest BCUT2D eigenvalue weighted by molar-refractivity contribution is 6.33. The summed E-state index contributed by atoms with van der Waals surface area (Å²) in [5.41, 5.74) is 1.23. The number of hydrogen-bond donors (Lipinski definition) is 1. The molecule has 0 saturated carbocycles. The summed E-state index contributed by atoms with van der Waals surface area (Å²) in [6.07, 6.45) is 4.88. The molecule has 7 nitrogen and oxygen atoms in total. The van der Waals surface area contributed by atoms with Crippen molar-refractivity contribution >= 4 is 23.8 Å². The van der Waals surface area contributed by atoms with Gasteiger partial charge in [0.25, 0.3) is 0 Å². The molecule has 1 amide bonds. The van der Waals surface area contributed by atoms with Crippen LogP contribution in [-0.2, 0) is 17.8 Å². The predicted octanol–water partition coefficient (Wildman–Crippen LogP) is 1.50. The standard InChI is InChI=1S/C12H11ClN6O/c13-10-9-3-1-2-4-18(9)17-12(10)19-11(15-7-20)8(5-14)6-16-19/h6-7H,1-4H2,(H,15,20). The van der Waals surface area contributed by atoms with Crippen molar-refractivity contribution < 1.29 is 4.79 Å². The maximum atomic E-state index is 10.7. The Kier molecular flexibility index (Phi) is 3.16. The maximum absolute atomic E-state index is 10.7. The van der Waals surface area contributed by atoms with Gasteiger partial charge in [0, 0.05) is 6.54 Å². The highest BCUT2D eigenvalue weighted by atomic mass is 35.5. The Balaban J connectivity index is 2.14. The lowest BCUT2D eigenvalue weighted by atomic mass is 10.1. The molecule has 20 heavy (non-hydrogen) atoms. The second-order valence-electron chi connectivity index (χ2n) is 4.46. The van der Waals surface area contributed by atoms with Gasteiger partial charge in [-0.05, 0) is 19.3 Å². The zero-order chi connectivity index (χ0) is 14.1. The van der Waals surface area contributed by atoms with E-state index >= 15 is 0 Å². The van der Waals surface area contributed by atoms with Crippen LogP contribution in [0.1, 0.15) is 24.1 Å². The summed E-state index contributed by atoms with van der Waals surface area (Å²) >= 11 is 6.36. The lowest BCUT2D eigenvalue weighted by Gasteiger charge is -2.12. The molecular weight excluding hydrogens is 280 g/mol. The first-order valence-corrected chi connectivity index (χ1v) is 6.58. The molecule has 0 bridgehead atoms. The number of hydrogen-bond acceptors (Lipinski definition) is 4. The zero-order valence-electron chi connectivity index (χ0n) is 10.5. The molecule has 3 heterocycles. The minimum absolute atomic E-state index is 0.263. The molecule has 102 valence electrons. The second kappa shape index (κ2) is 4.98. The number of nitriles is 1. The monoisotopic (exact) mass is 290 g/mol. The number of nitrogens with zero attached hydrogens (tertiary/aromatic N) is 5. The number of fused-ring (bicyclic) bond motifs is 1. The summed E-state index contributed by atoms with van der Waals surface area (Å²) in [7, 11) is 0. The fraction of sp³-hybridized carbons (Fsp3) is 0.333. The van der Waals surface area contributed by atoms with Crippen LogP contribution in [0.2, 0.25) is 5.02 Å². The molecule has 8 heteroatoms. The van der Waals surface area contributed by atoms with Gasteiger partial charge >= 0.3 is 0 Å². The fourth-order valence-electron chi connectivity index (χ4n) is 2.36. The summed E-state index contributed by atoms with van der Waals surface area (Å²) in [4.78, 5) is 10.7. The van der Waals surface area contributed by atoms with Gasteiger partial charge in [-0.2, -0.15) is 20.1 Å². The maximum Gasteiger partial charge on any atom is 0.212 e. The van der Waals surface area contributed by atoms with Gasteiger partial charge in [0.15, 0.2) is 11.6 Å². The number of halogens is 1. The molecule has 0 atom stereocenters. The zero-order valence-corrected chi connectivity index (χ0v) is 11.3. The predicted molar refractivity (Wildman–Crippen MR) is 71.7 cm³/mol. The topological polar surface area (TPSA) is 88.5 Å². The number of rotatable bonds is 3. The minimum atomic E-state index is 0.263. The van der Waals surface area contributed by atoms with Crippen molar-refractivity contribution in [3.05, 3.63) is 22.5 Å². The van der Waals surface area contributed by atoms with E-state index in [1.807, 2.05) is 10.8 Å². The van der Waals surface area contributed by atoms with Gasteiger partial charge in [-0.3, -0.25) is 9.48 Å². The van der Waals surface area contributed by atoms with Crippen molar-refractivity contribution in [2.45, 2.75) is 25.8 Å². The first kappa shape index (κ1) is 12.7. The lowest BCUT2D eigenvalue weighted by molar-refractivity contribution is -0.105. The molecule has 0 fully saturated rings. The average Bonchev–Trinajstić information content (AvgIpc) is 3.01. The van der Waals surface area contributed by atoms with Crippen LogP contribution in [-0.4, -0.2) is 26.0 Å². The van der Waals surface area contributed by atoms with Crippen LogP contribution in [0.4, 0.5) is 5.82 Å². The Bertz CT molecular complexity index is 710. The van der Waals surface area contributed by atoms with E-state index in [0.29, 0.717) is 17.3 Å². The summed E-state index contributed by atoms with van der Waals surface area (Å²) in [5.74, 6) is 0.717. The van der Waals surface area contributed by atoms with Gasteiger partial charge in [0.05, 0.1) is 11.9 Å². The van der Waals surface area contributed by atoms with E-state index in [1.54, 1.807) is 0 Å². The molecule has 2 aromatic heterocycles. The van der Waals surface area contributed by atoms with Gasteiger partial charge < -0.3 is 5.32 Å². The van der Waals surface area contributed by atoms with Crippen LogP contribution in [0.3, 0.4) is 0 Å². The Hall–Kier alpha value is -2.33. The van der Waals surface area contributed by atoms with Crippen LogP contribution >= 0.6 is 11.6 Å². The fourth-order valence-corrected chi connectivity index (χ4v) is 2.67. The van der Waals surface area contributed by atoms with E-state index in [1.165, 1.54) is 10.9 Å². The van der Waals surface area contributed by atoms with Gasteiger partial charge in [0.1, 0.15) is 16.7 Å². The largest absolute Gasteiger partial charge is 0.312 e. The number of carbonyl (C=O) groups excluding carboxylic acids is 1. The van der Waals surface area contributed by atoms with Crippen molar-refractivity contribution in [3.8, 4) is 11.9 Å². The number of carbonyl (C=O) groups is 1. The van der Waals surface area contributed by atoms with E-state index in [0.717, 1.165) is 31.5 Å². The average molecular weight is 291 g/mol. The van der Waals surface area contributed by atoms with Crippen molar-refractivity contribution in [2.24, 2.45) is 0 Å². The van der Waals surface area contributed by atoms with E-state index in [4.69, 9.17) is 16.9 Å². The summed E-state index contributed by atoms with van der Waals surface area (Å²) in [6.45, 7) is 0.817. The molecule has 0 saturated heterocycles. The van der Waals surface area contributed by atoms with E-state index in [-0.39, 0.29) is 11.4 Å². The number of amides is 1. The molecule has 0 unspecified atom stereocenters. The Morgan fingerprint density at radius 1 is 1.50 bits per heavy atom. The molecule has 0 spiro atoms. The minimum Gasteiger partial charge on any atom is -0.312 e. The molecule has 1 N–H and O–H groups in total. The smallest absolute Gasteiger partial charge is 0.212 e. The van der Waals surface area contributed by atoms with Crippen molar-refractivity contribution in [1.82, 2.24) is 19.6 Å². The van der Waals surface area contributed by atoms with Gasteiger partial charge in [-0.1, -0.05) is 11.6 Å². The highest BCUT2D eigenvalue weighted by Gasteiger charge is 2.23. The molecule has 0 aliphatic carbocycles. The summed E-state index contributed by atoms with van der Waals surface area (Å²) < 4.78 is 3.25. The number of nitrogens with one attached hydrogen (secondary N) is 1. The third kappa shape index (κ3) is 1.85. The molecule has 3 rings (SSSR count). The normalized spacial score (nSPS) is 13.6. The molecule has 1 aliphatic rings. The number of anilines is 1. The Labute approximate surface area is 119 Å². The van der Waals surface area contributed by atoms with Crippen LogP contribution in [0, 0.1) is 11.3 Å². The van der Waals surface area contributed by atoms with Crippen LogP contribution in [0.5, 0.6) is 0 Å². The molecular formula is C12H11ClN6O. The third-order valence-corrected chi connectivity index (χ3v) is 3.68. The molecule has 0 radical (unpaired) electrons. The van der Waals surface area contributed by atoms with Crippen molar-refractivity contribution in [3.63, 3.8) is 0 Å². The van der Waals surface area contributed by atoms with Crippen molar-refractivity contribution in [1.29, 1.82) is 5.26 Å². The third-order valence-electron chi connectivity index (χ3n) is 3.30. The highest BCUT2D eigenvalue weighted by Crippen LogP contribution is 2.30. The van der Waals surface area contributed by atoms with E-state index in [9.17, 15) is 4.79 Å². The first-order chi connectivity index (χ1) is 9.76. The van der Waals surface area contributed by atoms with E-state index in [2.05, 4.69) is 15.5 Å². The molecule has 2 aromatic rings. The second-order valence-corrected chi connectivity index (χ2v) is 4.84. The Morgan fingerprint density at radius 3 is 3.05 bits per heavy atom. The van der Waals surface area contributed by atoms with Crippen LogP contribution < -0.4 is 5.32 Å². The molecule has 1 aliphatic heterocycles. The number of aromatic nitrogens is 4. The van der Waals surface area contributed by atoms with Gasteiger partial charge in [-0.25, -0.2) is 0 Å². The SMILES string of the molecule is N#Cc1cnn(-c2nn3c(c2Cl)CCCC3)c1NC=O. The quantitative estimate of drug-likeness (QED) is 0.868.